The minimum absolute atomic E-state index is 0.152. The maximum absolute atomic E-state index is 12.3. The van der Waals surface area contributed by atoms with Gasteiger partial charge in [-0.15, -0.1) is 11.3 Å². The van der Waals surface area contributed by atoms with Crippen LogP contribution < -0.4 is 5.32 Å². The molecule has 0 saturated carbocycles. The summed E-state index contributed by atoms with van der Waals surface area (Å²) in [7, 11) is 0. The van der Waals surface area contributed by atoms with Crippen LogP contribution in [0.1, 0.15) is 42.8 Å². The number of thiophene rings is 1. The molecule has 4 heteroatoms. The Morgan fingerprint density at radius 1 is 1.19 bits per heavy atom. The van der Waals surface area contributed by atoms with Crippen molar-refractivity contribution in [3.05, 3.63) is 58.3 Å². The van der Waals surface area contributed by atoms with Gasteiger partial charge in [-0.1, -0.05) is 43.3 Å². The third-order valence-corrected chi connectivity index (χ3v) is 4.30. The second-order valence-corrected chi connectivity index (χ2v) is 5.72. The summed E-state index contributed by atoms with van der Waals surface area (Å²) >= 11 is 1.70. The summed E-state index contributed by atoms with van der Waals surface area (Å²) in [5.74, 6) is -0.223. The van der Waals surface area contributed by atoms with E-state index in [1.807, 2.05) is 43.3 Å². The third kappa shape index (κ3) is 4.16. The van der Waals surface area contributed by atoms with Gasteiger partial charge in [-0.25, -0.2) is 4.79 Å². The Morgan fingerprint density at radius 3 is 2.52 bits per heavy atom. The van der Waals surface area contributed by atoms with Crippen LogP contribution in [0, 0.1) is 0 Å². The smallest absolute Gasteiger partial charge is 0.327 e. The molecule has 0 aliphatic rings. The number of rotatable bonds is 7. The molecular formula is C17H21NO2S. The number of ether oxygens (including phenoxy) is 1. The third-order valence-electron chi connectivity index (χ3n) is 3.32. The van der Waals surface area contributed by atoms with Gasteiger partial charge in [0.1, 0.15) is 6.04 Å². The van der Waals surface area contributed by atoms with Gasteiger partial charge in [-0.3, -0.25) is 5.32 Å². The molecule has 21 heavy (non-hydrogen) atoms. The van der Waals surface area contributed by atoms with Gasteiger partial charge in [-0.2, -0.15) is 0 Å². The van der Waals surface area contributed by atoms with Crippen molar-refractivity contribution in [3.8, 4) is 0 Å². The molecule has 0 radical (unpaired) electrons. The molecule has 2 aromatic rings. The molecule has 1 N–H and O–H groups in total. The molecule has 0 bridgehead atoms. The molecular weight excluding hydrogens is 282 g/mol. The number of esters is 1. The number of hydrogen-bond acceptors (Lipinski definition) is 4. The number of carbonyl (C=O) groups excluding carboxylic acids is 1. The molecule has 1 heterocycles. The number of hydrogen-bond donors (Lipinski definition) is 1. The van der Waals surface area contributed by atoms with E-state index in [-0.39, 0.29) is 12.0 Å². The highest BCUT2D eigenvalue weighted by Gasteiger charge is 2.25. The average Bonchev–Trinajstić information content (AvgIpc) is 3.03. The van der Waals surface area contributed by atoms with E-state index < -0.39 is 6.04 Å². The molecule has 1 aromatic heterocycles. The van der Waals surface area contributed by atoms with Crippen LogP contribution in [0.5, 0.6) is 0 Å². The van der Waals surface area contributed by atoms with Crippen LogP contribution in [0.15, 0.2) is 47.8 Å². The first-order valence-corrected chi connectivity index (χ1v) is 8.15. The Hall–Kier alpha value is -1.65. The fraction of sp³-hybridized carbons (Fsp3) is 0.353. The normalized spacial score (nSPS) is 13.6. The molecule has 0 aliphatic carbocycles. The lowest BCUT2D eigenvalue weighted by molar-refractivity contribution is -0.146. The Balaban J connectivity index is 2.21. The Bertz CT molecular complexity index is 539. The van der Waals surface area contributed by atoms with Gasteiger partial charge in [0.25, 0.3) is 0 Å². The predicted molar refractivity (Wildman–Crippen MR) is 86.3 cm³/mol. The summed E-state index contributed by atoms with van der Waals surface area (Å²) < 4.78 is 5.22. The Kier molecular flexibility index (Phi) is 5.96. The van der Waals surface area contributed by atoms with E-state index in [1.165, 1.54) is 4.88 Å². The van der Waals surface area contributed by atoms with Gasteiger partial charge >= 0.3 is 5.97 Å². The molecule has 3 nitrogen and oxygen atoms in total. The molecule has 2 unspecified atom stereocenters. The van der Waals surface area contributed by atoms with Crippen LogP contribution in [0.3, 0.4) is 0 Å². The molecule has 0 amide bonds. The molecule has 1 aromatic carbocycles. The molecule has 0 aliphatic heterocycles. The van der Waals surface area contributed by atoms with Gasteiger partial charge in [0.05, 0.1) is 6.61 Å². The van der Waals surface area contributed by atoms with Crippen LogP contribution in [0.4, 0.5) is 0 Å². The minimum atomic E-state index is -0.432. The van der Waals surface area contributed by atoms with Gasteiger partial charge in [-0.05, 0) is 30.4 Å². The molecule has 2 atom stereocenters. The second-order valence-electron chi connectivity index (χ2n) is 4.74. The zero-order valence-electron chi connectivity index (χ0n) is 12.4. The summed E-state index contributed by atoms with van der Waals surface area (Å²) in [6.45, 7) is 4.33. The SMILES string of the molecule is CCOC(=O)C(NC(CC)c1cccs1)c1ccccc1. The van der Waals surface area contributed by atoms with Crippen LogP contribution in [0.25, 0.3) is 0 Å². The van der Waals surface area contributed by atoms with E-state index in [1.54, 1.807) is 11.3 Å². The van der Waals surface area contributed by atoms with Gasteiger partial charge in [0.2, 0.25) is 0 Å². The highest BCUT2D eigenvalue weighted by molar-refractivity contribution is 7.10. The molecule has 2 rings (SSSR count). The summed E-state index contributed by atoms with van der Waals surface area (Å²) in [5, 5.41) is 5.50. The quantitative estimate of drug-likeness (QED) is 0.783. The fourth-order valence-electron chi connectivity index (χ4n) is 2.26. The maximum Gasteiger partial charge on any atom is 0.327 e. The van der Waals surface area contributed by atoms with Gasteiger partial charge in [0, 0.05) is 10.9 Å². The lowest BCUT2D eigenvalue weighted by Crippen LogP contribution is -2.32. The zero-order chi connectivity index (χ0) is 15.1. The topological polar surface area (TPSA) is 38.3 Å². The molecule has 0 fully saturated rings. The summed E-state index contributed by atoms with van der Waals surface area (Å²) in [6, 6.07) is 13.6. The van der Waals surface area contributed by atoms with Gasteiger partial charge < -0.3 is 4.74 Å². The summed E-state index contributed by atoms with van der Waals surface area (Å²) in [4.78, 5) is 13.5. The fourth-order valence-corrected chi connectivity index (χ4v) is 3.13. The average molecular weight is 303 g/mol. The van der Waals surface area contributed by atoms with E-state index in [9.17, 15) is 4.79 Å². The van der Waals surface area contributed by atoms with Crippen LogP contribution >= 0.6 is 11.3 Å². The van der Waals surface area contributed by atoms with E-state index in [2.05, 4.69) is 23.7 Å². The lowest BCUT2D eigenvalue weighted by Gasteiger charge is -2.23. The molecule has 0 saturated heterocycles. The first-order chi connectivity index (χ1) is 10.3. The van der Waals surface area contributed by atoms with E-state index in [0.717, 1.165) is 12.0 Å². The Morgan fingerprint density at radius 2 is 1.95 bits per heavy atom. The highest BCUT2D eigenvalue weighted by atomic mass is 32.1. The number of carbonyl (C=O) groups is 1. The maximum atomic E-state index is 12.3. The van der Waals surface area contributed by atoms with Crippen molar-refractivity contribution in [2.24, 2.45) is 0 Å². The van der Waals surface area contributed by atoms with Crippen LogP contribution in [-0.4, -0.2) is 12.6 Å². The van der Waals surface area contributed by atoms with Gasteiger partial charge in [0.15, 0.2) is 0 Å². The minimum Gasteiger partial charge on any atom is -0.465 e. The van der Waals surface area contributed by atoms with E-state index >= 15 is 0 Å². The number of benzene rings is 1. The van der Waals surface area contributed by atoms with Crippen molar-refractivity contribution in [2.75, 3.05) is 6.61 Å². The van der Waals surface area contributed by atoms with Crippen molar-refractivity contribution in [1.82, 2.24) is 5.32 Å². The van der Waals surface area contributed by atoms with Crippen molar-refractivity contribution >= 4 is 17.3 Å². The first-order valence-electron chi connectivity index (χ1n) is 7.27. The highest BCUT2D eigenvalue weighted by Crippen LogP contribution is 2.26. The summed E-state index contributed by atoms with van der Waals surface area (Å²) in [5.41, 5.74) is 0.936. The lowest BCUT2D eigenvalue weighted by atomic mass is 10.0. The van der Waals surface area contributed by atoms with Crippen LogP contribution in [-0.2, 0) is 9.53 Å². The number of nitrogens with one attached hydrogen (secondary N) is 1. The van der Waals surface area contributed by atoms with Crippen molar-refractivity contribution in [3.63, 3.8) is 0 Å². The standard InChI is InChI=1S/C17H21NO2S/c1-3-14(15-11-8-12-21-15)18-16(17(19)20-4-2)13-9-6-5-7-10-13/h5-12,14,16,18H,3-4H2,1-2H3. The van der Waals surface area contributed by atoms with Crippen molar-refractivity contribution in [2.45, 2.75) is 32.4 Å². The van der Waals surface area contributed by atoms with Crippen molar-refractivity contribution in [1.29, 1.82) is 0 Å². The Labute approximate surface area is 130 Å². The summed E-state index contributed by atoms with van der Waals surface area (Å²) in [6.07, 6.45) is 0.920. The van der Waals surface area contributed by atoms with Crippen LogP contribution in [0.2, 0.25) is 0 Å². The van der Waals surface area contributed by atoms with E-state index in [4.69, 9.17) is 4.74 Å². The largest absolute Gasteiger partial charge is 0.465 e. The second kappa shape index (κ2) is 7.96. The zero-order valence-corrected chi connectivity index (χ0v) is 13.2. The monoisotopic (exact) mass is 303 g/mol. The first kappa shape index (κ1) is 15.7. The molecule has 112 valence electrons. The molecule has 0 spiro atoms. The van der Waals surface area contributed by atoms with E-state index in [0.29, 0.717) is 6.61 Å². The predicted octanol–water partition coefficient (Wildman–Crippen LogP) is 4.09. The van der Waals surface area contributed by atoms with Crippen molar-refractivity contribution < 1.29 is 9.53 Å².